The first-order valence-electron chi connectivity index (χ1n) is 10.7. The Bertz CT molecular complexity index is 1230. The maximum Gasteiger partial charge on any atom is 0.182 e. The van der Waals surface area contributed by atoms with Crippen molar-refractivity contribution in [2.45, 2.75) is 20.8 Å². The molecule has 0 amide bonds. The van der Waals surface area contributed by atoms with E-state index in [1.165, 1.54) is 0 Å². The highest BCUT2D eigenvalue weighted by Gasteiger charge is 2.18. The minimum Gasteiger partial charge on any atom is -0.381 e. The normalized spacial score (nSPS) is 11.4. The topological polar surface area (TPSA) is 97.8 Å². The second kappa shape index (κ2) is 9.50. The van der Waals surface area contributed by atoms with Crippen LogP contribution in [0.5, 0.6) is 0 Å². The molecule has 1 aromatic carbocycles. The average Bonchev–Trinajstić information content (AvgIpc) is 3.23. The number of hydrogen-bond donors (Lipinski definition) is 2. The number of likely N-dealkylation sites (N-methyl/N-ethyl adjacent to an activating group) is 1. The minimum absolute atomic E-state index is 0.324. The number of anilines is 2. The fraction of sp³-hybridized carbons (Fsp3) is 0.304. The van der Waals surface area contributed by atoms with Crippen LogP contribution < -0.4 is 11.1 Å². The zero-order chi connectivity index (χ0) is 22.7. The molecule has 166 valence electrons. The summed E-state index contributed by atoms with van der Waals surface area (Å²) in [5, 5.41) is 9.33. The van der Waals surface area contributed by atoms with E-state index in [1.807, 2.05) is 43.5 Å². The lowest BCUT2D eigenvalue weighted by molar-refractivity contribution is 0.316. The van der Waals surface area contributed by atoms with Gasteiger partial charge in [0.15, 0.2) is 17.5 Å². The largest absolute Gasteiger partial charge is 0.381 e. The number of hydrogen-bond acceptors (Lipinski definition) is 7. The van der Waals surface area contributed by atoms with Gasteiger partial charge >= 0.3 is 0 Å². The quantitative estimate of drug-likeness (QED) is 0.415. The average molecular weight is 451 g/mol. The molecule has 8 nitrogen and oxygen atoms in total. The summed E-state index contributed by atoms with van der Waals surface area (Å²) in [5.74, 6) is 1.41. The summed E-state index contributed by atoms with van der Waals surface area (Å²) >= 11 is 6.56. The highest BCUT2D eigenvalue weighted by molar-refractivity contribution is 6.35. The lowest BCUT2D eigenvalue weighted by Crippen LogP contribution is -2.29. The molecule has 4 rings (SSSR count). The van der Waals surface area contributed by atoms with Gasteiger partial charge in [-0.05, 0) is 44.3 Å². The Hall–Kier alpha value is -3.23. The van der Waals surface area contributed by atoms with Crippen molar-refractivity contribution in [3.8, 4) is 17.1 Å². The Kier molecular flexibility index (Phi) is 6.53. The number of aryl methyl sites for hydroxylation is 1. The van der Waals surface area contributed by atoms with Crippen molar-refractivity contribution in [3.05, 3.63) is 53.4 Å². The number of nitrogens with zero attached hydrogens (tertiary/aromatic N) is 6. The van der Waals surface area contributed by atoms with Crippen LogP contribution in [0.15, 0.2) is 42.7 Å². The van der Waals surface area contributed by atoms with E-state index in [0.717, 1.165) is 41.8 Å². The Morgan fingerprint density at radius 3 is 2.69 bits per heavy atom. The molecule has 0 atom stereocenters. The zero-order valence-electron chi connectivity index (χ0n) is 18.5. The number of pyridine rings is 1. The van der Waals surface area contributed by atoms with Gasteiger partial charge in [-0.15, -0.1) is 0 Å². The monoisotopic (exact) mass is 450 g/mol. The van der Waals surface area contributed by atoms with Crippen LogP contribution in [-0.2, 0) is 0 Å². The fourth-order valence-corrected chi connectivity index (χ4v) is 3.89. The lowest BCUT2D eigenvalue weighted by atomic mass is 10.1. The Morgan fingerprint density at radius 1 is 1.16 bits per heavy atom. The third kappa shape index (κ3) is 4.51. The van der Waals surface area contributed by atoms with Crippen LogP contribution in [0.2, 0.25) is 5.02 Å². The Labute approximate surface area is 192 Å². The Morgan fingerprint density at radius 2 is 1.97 bits per heavy atom. The number of nitrogens with one attached hydrogen (secondary N) is 1. The van der Waals surface area contributed by atoms with Crippen LogP contribution in [0, 0.1) is 6.92 Å². The van der Waals surface area contributed by atoms with Crippen molar-refractivity contribution < 1.29 is 0 Å². The molecule has 3 aromatic heterocycles. The van der Waals surface area contributed by atoms with Gasteiger partial charge in [0.25, 0.3) is 0 Å². The molecule has 0 unspecified atom stereocenters. The summed E-state index contributed by atoms with van der Waals surface area (Å²) < 4.78 is 1.69. The molecule has 0 radical (unpaired) electrons. The molecule has 0 bridgehead atoms. The van der Waals surface area contributed by atoms with Gasteiger partial charge in [0.2, 0.25) is 0 Å². The first kappa shape index (κ1) is 22.0. The van der Waals surface area contributed by atoms with Gasteiger partial charge in [-0.2, -0.15) is 5.10 Å². The van der Waals surface area contributed by atoms with Gasteiger partial charge in [-0.25, -0.2) is 14.6 Å². The second-order valence-corrected chi connectivity index (χ2v) is 7.93. The Balaban J connectivity index is 1.79. The number of nitrogen functional groups attached to an aromatic ring is 1. The molecule has 3 heterocycles. The maximum absolute atomic E-state index is 6.56. The number of fused-ring (bicyclic) bond motifs is 1. The summed E-state index contributed by atoms with van der Waals surface area (Å²) in [5.41, 5.74) is 9.36. The van der Waals surface area contributed by atoms with Gasteiger partial charge in [0.1, 0.15) is 5.69 Å². The number of nitrogens with two attached hydrogens (primary N) is 1. The van der Waals surface area contributed by atoms with Gasteiger partial charge in [-0.3, -0.25) is 4.98 Å². The van der Waals surface area contributed by atoms with E-state index in [4.69, 9.17) is 22.3 Å². The van der Waals surface area contributed by atoms with E-state index >= 15 is 0 Å². The number of aromatic nitrogens is 5. The summed E-state index contributed by atoms with van der Waals surface area (Å²) in [6.45, 7) is 9.80. The van der Waals surface area contributed by atoms with Crippen molar-refractivity contribution in [3.63, 3.8) is 0 Å². The first-order chi connectivity index (χ1) is 15.5. The third-order valence-corrected chi connectivity index (χ3v) is 5.68. The number of benzene rings is 1. The van der Waals surface area contributed by atoms with Gasteiger partial charge < -0.3 is 16.0 Å². The summed E-state index contributed by atoms with van der Waals surface area (Å²) in [7, 11) is 0. The fourth-order valence-electron chi connectivity index (χ4n) is 3.61. The molecule has 3 N–H and O–H groups in total. The van der Waals surface area contributed by atoms with Crippen molar-refractivity contribution in [2.75, 3.05) is 37.2 Å². The SMILES string of the molecule is CCN(CC)CCNc1nc(-c2cc(Cl)c3ncccc3c2)c(-n2ccc(C)n2)nc1N. The molecule has 0 saturated carbocycles. The molecule has 9 heteroatoms. The van der Waals surface area contributed by atoms with Crippen LogP contribution in [-0.4, -0.2) is 55.8 Å². The lowest BCUT2D eigenvalue weighted by Gasteiger charge is -2.19. The molecule has 0 aliphatic rings. The maximum atomic E-state index is 6.56. The molecule has 4 aromatic rings. The zero-order valence-corrected chi connectivity index (χ0v) is 19.3. The minimum atomic E-state index is 0.324. The summed E-state index contributed by atoms with van der Waals surface area (Å²) in [4.78, 5) is 16.2. The molecule has 0 saturated heterocycles. The highest BCUT2D eigenvalue weighted by atomic mass is 35.5. The molecular formula is C23H27ClN8. The van der Waals surface area contributed by atoms with E-state index in [1.54, 1.807) is 10.9 Å². The van der Waals surface area contributed by atoms with E-state index in [-0.39, 0.29) is 0 Å². The van der Waals surface area contributed by atoms with Crippen molar-refractivity contribution >= 4 is 34.1 Å². The molecule has 0 fully saturated rings. The van der Waals surface area contributed by atoms with E-state index in [2.05, 4.69) is 39.1 Å². The molecule has 0 aliphatic heterocycles. The molecule has 0 aliphatic carbocycles. The van der Waals surface area contributed by atoms with Crippen LogP contribution in [0.25, 0.3) is 28.0 Å². The van der Waals surface area contributed by atoms with Gasteiger partial charge in [-0.1, -0.05) is 31.5 Å². The predicted molar refractivity (Wildman–Crippen MR) is 130 cm³/mol. The van der Waals surface area contributed by atoms with Gasteiger partial charge in [0, 0.05) is 36.4 Å². The third-order valence-electron chi connectivity index (χ3n) is 5.39. The van der Waals surface area contributed by atoms with E-state index < -0.39 is 0 Å². The predicted octanol–water partition coefficient (Wildman–Crippen LogP) is 4.18. The van der Waals surface area contributed by atoms with Gasteiger partial charge in [0.05, 0.1) is 16.2 Å². The molecule has 32 heavy (non-hydrogen) atoms. The second-order valence-electron chi connectivity index (χ2n) is 7.52. The van der Waals surface area contributed by atoms with Crippen LogP contribution in [0.3, 0.4) is 0 Å². The summed E-state index contributed by atoms with van der Waals surface area (Å²) in [6, 6.07) is 9.64. The van der Waals surface area contributed by atoms with E-state index in [9.17, 15) is 0 Å². The van der Waals surface area contributed by atoms with Crippen molar-refractivity contribution in [1.82, 2.24) is 29.6 Å². The molecular weight excluding hydrogens is 424 g/mol. The standard InChI is InChI=1S/C23H27ClN8/c1-4-31(5-2)12-10-27-22-21(25)29-23(32-11-8-15(3)30-32)20(28-22)17-13-16-7-6-9-26-19(16)18(24)14-17/h6-9,11,13-14H,4-5,10,12H2,1-3H3,(H2,25,29)(H,27,28). The van der Waals surface area contributed by atoms with Crippen LogP contribution >= 0.6 is 11.6 Å². The first-order valence-corrected chi connectivity index (χ1v) is 11.1. The van der Waals surface area contributed by atoms with Crippen molar-refractivity contribution in [1.29, 1.82) is 0 Å². The van der Waals surface area contributed by atoms with Crippen LogP contribution in [0.1, 0.15) is 19.5 Å². The van der Waals surface area contributed by atoms with Crippen LogP contribution in [0.4, 0.5) is 11.6 Å². The smallest absolute Gasteiger partial charge is 0.182 e. The number of halogens is 1. The van der Waals surface area contributed by atoms with Crippen molar-refractivity contribution in [2.24, 2.45) is 0 Å². The highest BCUT2D eigenvalue weighted by Crippen LogP contribution is 2.33. The van der Waals surface area contributed by atoms with E-state index in [0.29, 0.717) is 34.7 Å². The summed E-state index contributed by atoms with van der Waals surface area (Å²) in [6.07, 6.45) is 3.58. The number of rotatable bonds is 8. The molecule has 0 spiro atoms.